The molecule has 2 heterocycles. The number of carbonyl (C=O) groups excluding carboxylic acids is 1. The molecule has 1 aliphatic rings. The molecule has 0 atom stereocenters. The molecule has 1 aliphatic heterocycles. The summed E-state index contributed by atoms with van der Waals surface area (Å²) in [5.74, 6) is -0.365. The van der Waals surface area contributed by atoms with Crippen molar-refractivity contribution in [3.05, 3.63) is 71.0 Å². The smallest absolute Gasteiger partial charge is 0.268 e. The Morgan fingerprint density at radius 3 is 2.74 bits per heavy atom. The van der Waals surface area contributed by atoms with E-state index in [1.165, 1.54) is 8.99 Å². The Bertz CT molecular complexity index is 1320. The van der Waals surface area contributed by atoms with Crippen LogP contribution in [0.3, 0.4) is 0 Å². The first-order valence-corrected chi connectivity index (χ1v) is 11.2. The lowest BCUT2D eigenvalue weighted by Gasteiger charge is -2.19. The number of amides is 1. The summed E-state index contributed by atoms with van der Waals surface area (Å²) < 4.78 is 29.7. The predicted octanol–water partition coefficient (Wildman–Crippen LogP) is 2.76. The Balaban J connectivity index is 1.59. The van der Waals surface area contributed by atoms with E-state index in [9.17, 15) is 13.2 Å². The number of nitriles is 1. The number of nitrogens with one attached hydrogen (secondary N) is 1. The molecule has 2 aromatic carbocycles. The molecule has 0 saturated carbocycles. The van der Waals surface area contributed by atoms with Crippen LogP contribution in [0.15, 0.2) is 53.4 Å². The Morgan fingerprint density at radius 1 is 1.19 bits per heavy atom. The minimum absolute atomic E-state index is 0.128. The topological polar surface area (TPSA) is 108 Å². The Labute approximate surface area is 180 Å². The average molecular weight is 436 g/mol. The zero-order chi connectivity index (χ0) is 22.2. The van der Waals surface area contributed by atoms with Gasteiger partial charge in [-0.25, -0.2) is 8.42 Å². The highest BCUT2D eigenvalue weighted by Gasteiger charge is 2.35. The zero-order valence-corrected chi connectivity index (χ0v) is 18.0. The molecule has 0 spiro atoms. The molecule has 9 heteroatoms. The molecule has 8 nitrogen and oxygen atoms in total. The van der Waals surface area contributed by atoms with Crippen LogP contribution in [0.5, 0.6) is 0 Å². The monoisotopic (exact) mass is 435 g/mol. The van der Waals surface area contributed by atoms with E-state index in [1.54, 1.807) is 44.2 Å². The van der Waals surface area contributed by atoms with Gasteiger partial charge in [-0.3, -0.25) is 13.8 Å². The fourth-order valence-corrected chi connectivity index (χ4v) is 5.76. The summed E-state index contributed by atoms with van der Waals surface area (Å²) in [6.45, 7) is 3.52. The van der Waals surface area contributed by atoms with Crippen LogP contribution in [-0.2, 0) is 27.8 Å². The Morgan fingerprint density at radius 2 is 1.97 bits per heavy atom. The second kappa shape index (κ2) is 7.89. The first kappa shape index (κ1) is 20.6. The fraction of sp³-hybridized carbons (Fsp3) is 0.227. The zero-order valence-electron chi connectivity index (χ0n) is 17.2. The number of sulfonamides is 1. The van der Waals surface area contributed by atoms with Gasteiger partial charge in [0.25, 0.3) is 10.0 Å². The summed E-state index contributed by atoms with van der Waals surface area (Å²) in [4.78, 5) is 12.6. The molecule has 158 valence electrons. The van der Waals surface area contributed by atoms with Gasteiger partial charge < -0.3 is 5.32 Å². The van der Waals surface area contributed by atoms with Crippen LogP contribution in [0.2, 0.25) is 0 Å². The summed E-state index contributed by atoms with van der Waals surface area (Å²) >= 11 is 0. The maximum Gasteiger partial charge on any atom is 0.268 e. The van der Waals surface area contributed by atoms with Gasteiger partial charge in [0.15, 0.2) is 0 Å². The first-order chi connectivity index (χ1) is 14.8. The standard InChI is InChI=1S/C22H21N5O3S/c1-15-22(31(29,30)27-11-10-18-7-3-4-9-20(18)27)16(2)26(25-15)14-21(28)24-19-8-5-6-17(12-19)13-23/h3-9,12H,10-11,14H2,1-2H3,(H,24,28). The molecule has 1 aromatic heterocycles. The maximum atomic E-state index is 13.4. The van der Waals surface area contributed by atoms with Crippen LogP contribution in [-0.4, -0.2) is 30.7 Å². The number of hydrogen-bond acceptors (Lipinski definition) is 5. The van der Waals surface area contributed by atoms with Crippen LogP contribution in [0.25, 0.3) is 0 Å². The maximum absolute atomic E-state index is 13.4. The Kier molecular flexibility index (Phi) is 5.25. The largest absolute Gasteiger partial charge is 0.324 e. The van der Waals surface area contributed by atoms with Crippen molar-refractivity contribution in [1.82, 2.24) is 9.78 Å². The van der Waals surface area contributed by atoms with E-state index in [-0.39, 0.29) is 17.3 Å². The molecule has 31 heavy (non-hydrogen) atoms. The highest BCUT2D eigenvalue weighted by Crippen LogP contribution is 2.34. The first-order valence-electron chi connectivity index (χ1n) is 9.76. The summed E-state index contributed by atoms with van der Waals surface area (Å²) in [6, 6.07) is 16.0. The number of aromatic nitrogens is 2. The third-order valence-corrected chi connectivity index (χ3v) is 7.34. The second-order valence-electron chi connectivity index (χ2n) is 7.35. The molecule has 0 bridgehead atoms. The summed E-state index contributed by atoms with van der Waals surface area (Å²) in [5.41, 5.74) is 3.36. The van der Waals surface area contributed by atoms with Crippen molar-refractivity contribution >= 4 is 27.3 Å². The summed E-state index contributed by atoms with van der Waals surface area (Å²) in [7, 11) is -3.81. The molecule has 1 N–H and O–H groups in total. The minimum atomic E-state index is -3.81. The van der Waals surface area contributed by atoms with E-state index in [2.05, 4.69) is 10.4 Å². The molecular formula is C22H21N5O3S. The normalized spacial score (nSPS) is 13.0. The number of hydrogen-bond donors (Lipinski definition) is 1. The van der Waals surface area contributed by atoms with E-state index in [0.29, 0.717) is 41.3 Å². The van der Waals surface area contributed by atoms with E-state index in [4.69, 9.17) is 5.26 Å². The number of rotatable bonds is 5. The van der Waals surface area contributed by atoms with Gasteiger partial charge in [-0.1, -0.05) is 24.3 Å². The van der Waals surface area contributed by atoms with Crippen LogP contribution in [0.4, 0.5) is 11.4 Å². The number of carbonyl (C=O) groups is 1. The van der Waals surface area contributed by atoms with Gasteiger partial charge >= 0.3 is 0 Å². The van der Waals surface area contributed by atoms with Crippen molar-refractivity contribution in [2.45, 2.75) is 31.7 Å². The van der Waals surface area contributed by atoms with Crippen LogP contribution in [0.1, 0.15) is 22.5 Å². The number of benzene rings is 2. The van der Waals surface area contributed by atoms with Crippen molar-refractivity contribution in [2.24, 2.45) is 0 Å². The van der Waals surface area contributed by atoms with Gasteiger partial charge in [0.2, 0.25) is 5.91 Å². The highest BCUT2D eigenvalue weighted by molar-refractivity contribution is 7.93. The fourth-order valence-electron chi connectivity index (χ4n) is 3.88. The van der Waals surface area contributed by atoms with Gasteiger partial charge in [-0.05, 0) is 50.1 Å². The van der Waals surface area contributed by atoms with Crippen molar-refractivity contribution in [3.8, 4) is 6.07 Å². The van der Waals surface area contributed by atoms with Crippen molar-refractivity contribution < 1.29 is 13.2 Å². The van der Waals surface area contributed by atoms with E-state index < -0.39 is 10.0 Å². The predicted molar refractivity (Wildman–Crippen MR) is 116 cm³/mol. The molecule has 0 aliphatic carbocycles. The highest BCUT2D eigenvalue weighted by atomic mass is 32.2. The van der Waals surface area contributed by atoms with E-state index in [0.717, 1.165) is 5.56 Å². The number of fused-ring (bicyclic) bond motifs is 1. The molecule has 0 radical (unpaired) electrons. The van der Waals surface area contributed by atoms with Crippen LogP contribution in [0, 0.1) is 25.2 Å². The van der Waals surface area contributed by atoms with Gasteiger partial charge in [0, 0.05) is 12.2 Å². The average Bonchev–Trinajstić information content (AvgIpc) is 3.29. The van der Waals surface area contributed by atoms with E-state index in [1.807, 2.05) is 24.3 Å². The number of para-hydroxylation sites is 1. The molecule has 0 unspecified atom stereocenters. The van der Waals surface area contributed by atoms with Gasteiger partial charge in [-0.15, -0.1) is 0 Å². The van der Waals surface area contributed by atoms with Crippen molar-refractivity contribution in [2.75, 3.05) is 16.2 Å². The van der Waals surface area contributed by atoms with Gasteiger partial charge in [0.05, 0.1) is 28.7 Å². The molecule has 0 fully saturated rings. The van der Waals surface area contributed by atoms with Crippen LogP contribution >= 0.6 is 0 Å². The van der Waals surface area contributed by atoms with Gasteiger partial charge in [0.1, 0.15) is 11.4 Å². The molecule has 4 rings (SSSR count). The van der Waals surface area contributed by atoms with Crippen molar-refractivity contribution in [1.29, 1.82) is 5.26 Å². The number of nitrogens with zero attached hydrogens (tertiary/aromatic N) is 4. The lowest BCUT2D eigenvalue weighted by Crippen LogP contribution is -2.30. The SMILES string of the molecule is Cc1nn(CC(=O)Nc2cccc(C#N)c2)c(C)c1S(=O)(=O)N1CCc2ccccc21. The molecule has 0 saturated heterocycles. The van der Waals surface area contributed by atoms with Crippen molar-refractivity contribution in [3.63, 3.8) is 0 Å². The second-order valence-corrected chi connectivity index (χ2v) is 9.15. The molecular weight excluding hydrogens is 414 g/mol. The Hall–Kier alpha value is -3.64. The third-order valence-electron chi connectivity index (χ3n) is 5.28. The lowest BCUT2D eigenvalue weighted by atomic mass is 10.2. The lowest BCUT2D eigenvalue weighted by molar-refractivity contribution is -0.116. The third kappa shape index (κ3) is 3.78. The quantitative estimate of drug-likeness (QED) is 0.663. The summed E-state index contributed by atoms with van der Waals surface area (Å²) in [5, 5.41) is 16.0. The van der Waals surface area contributed by atoms with Crippen LogP contribution < -0.4 is 9.62 Å². The van der Waals surface area contributed by atoms with E-state index >= 15 is 0 Å². The minimum Gasteiger partial charge on any atom is -0.324 e. The number of aryl methyl sites for hydroxylation is 1. The summed E-state index contributed by atoms with van der Waals surface area (Å²) in [6.07, 6.45) is 0.659. The molecule has 1 amide bonds. The van der Waals surface area contributed by atoms with Gasteiger partial charge in [-0.2, -0.15) is 10.4 Å². The molecule has 3 aromatic rings. The number of anilines is 2.